The van der Waals surface area contributed by atoms with Gasteiger partial charge in [-0.25, -0.2) is 0 Å². The SMILES string of the molecule is CCCCOC1C=CCc2ccccc21. The third-order valence-corrected chi connectivity index (χ3v) is 2.81. The number of ether oxygens (including phenoxy) is 1. The molecule has 0 heterocycles. The van der Waals surface area contributed by atoms with Crippen molar-refractivity contribution in [3.05, 3.63) is 47.5 Å². The smallest absolute Gasteiger partial charge is 0.101 e. The van der Waals surface area contributed by atoms with Gasteiger partial charge in [-0.3, -0.25) is 0 Å². The molecule has 0 aromatic heterocycles. The molecule has 0 fully saturated rings. The van der Waals surface area contributed by atoms with Crippen LogP contribution < -0.4 is 0 Å². The van der Waals surface area contributed by atoms with Gasteiger partial charge in [-0.15, -0.1) is 0 Å². The van der Waals surface area contributed by atoms with Gasteiger partial charge in [0.15, 0.2) is 0 Å². The number of hydrogen-bond donors (Lipinski definition) is 0. The average Bonchev–Trinajstić information content (AvgIpc) is 2.30. The number of fused-ring (bicyclic) bond motifs is 1. The molecule has 0 saturated carbocycles. The summed E-state index contributed by atoms with van der Waals surface area (Å²) in [4.78, 5) is 0. The Morgan fingerprint density at radius 1 is 1.33 bits per heavy atom. The molecular weight excluding hydrogens is 184 g/mol. The van der Waals surface area contributed by atoms with Gasteiger partial charge in [0.25, 0.3) is 0 Å². The van der Waals surface area contributed by atoms with E-state index in [1.165, 1.54) is 17.5 Å². The highest BCUT2D eigenvalue weighted by Crippen LogP contribution is 2.27. The van der Waals surface area contributed by atoms with Gasteiger partial charge >= 0.3 is 0 Å². The van der Waals surface area contributed by atoms with Crippen LogP contribution in [-0.2, 0) is 11.2 Å². The lowest BCUT2D eigenvalue weighted by Gasteiger charge is -2.21. The van der Waals surface area contributed by atoms with Crippen molar-refractivity contribution in [2.75, 3.05) is 6.61 Å². The first kappa shape index (κ1) is 10.4. The molecule has 80 valence electrons. The summed E-state index contributed by atoms with van der Waals surface area (Å²) in [5.41, 5.74) is 2.75. The molecule has 1 atom stereocenters. The second kappa shape index (κ2) is 5.13. The molecule has 0 bridgehead atoms. The van der Waals surface area contributed by atoms with Crippen molar-refractivity contribution < 1.29 is 4.74 Å². The van der Waals surface area contributed by atoms with Gasteiger partial charge in [-0.1, -0.05) is 49.8 Å². The minimum atomic E-state index is 0.182. The Hall–Kier alpha value is -1.08. The predicted octanol–water partition coefficient (Wildman–Crippen LogP) is 3.66. The fourth-order valence-corrected chi connectivity index (χ4v) is 1.92. The zero-order valence-electron chi connectivity index (χ0n) is 9.28. The zero-order valence-corrected chi connectivity index (χ0v) is 9.28. The van der Waals surface area contributed by atoms with E-state index < -0.39 is 0 Å². The molecule has 15 heavy (non-hydrogen) atoms. The molecular formula is C14H18O. The van der Waals surface area contributed by atoms with Gasteiger partial charge in [0.2, 0.25) is 0 Å². The summed E-state index contributed by atoms with van der Waals surface area (Å²) in [6.07, 6.45) is 7.95. The van der Waals surface area contributed by atoms with Crippen molar-refractivity contribution in [3.63, 3.8) is 0 Å². The highest BCUT2D eigenvalue weighted by atomic mass is 16.5. The average molecular weight is 202 g/mol. The van der Waals surface area contributed by atoms with Crippen LogP contribution in [0.2, 0.25) is 0 Å². The molecule has 0 spiro atoms. The second-order valence-corrected chi connectivity index (χ2v) is 3.98. The monoisotopic (exact) mass is 202 g/mol. The van der Waals surface area contributed by atoms with Crippen molar-refractivity contribution in [2.24, 2.45) is 0 Å². The van der Waals surface area contributed by atoms with E-state index >= 15 is 0 Å². The van der Waals surface area contributed by atoms with Gasteiger partial charge in [0.1, 0.15) is 6.10 Å². The number of rotatable bonds is 4. The highest BCUT2D eigenvalue weighted by molar-refractivity contribution is 5.36. The molecule has 1 nitrogen and oxygen atoms in total. The fraction of sp³-hybridized carbons (Fsp3) is 0.429. The standard InChI is InChI=1S/C14H18O/c1-2-3-11-15-14-10-6-8-12-7-4-5-9-13(12)14/h4-7,9-10,14H,2-3,8,11H2,1H3. The molecule has 0 saturated heterocycles. The van der Waals surface area contributed by atoms with Crippen molar-refractivity contribution >= 4 is 0 Å². The second-order valence-electron chi connectivity index (χ2n) is 3.98. The van der Waals surface area contributed by atoms with E-state index in [0.717, 1.165) is 19.4 Å². The molecule has 1 heteroatoms. The maximum absolute atomic E-state index is 5.86. The molecule has 0 amide bonds. The zero-order chi connectivity index (χ0) is 10.5. The van der Waals surface area contributed by atoms with E-state index in [2.05, 4.69) is 43.3 Å². The first-order chi connectivity index (χ1) is 7.42. The van der Waals surface area contributed by atoms with Crippen molar-refractivity contribution in [1.82, 2.24) is 0 Å². The topological polar surface area (TPSA) is 9.23 Å². The molecule has 1 unspecified atom stereocenters. The Balaban J connectivity index is 2.05. The minimum absolute atomic E-state index is 0.182. The summed E-state index contributed by atoms with van der Waals surface area (Å²) in [6, 6.07) is 8.56. The van der Waals surface area contributed by atoms with Gasteiger partial charge in [0.05, 0.1) is 0 Å². The first-order valence-corrected chi connectivity index (χ1v) is 5.78. The van der Waals surface area contributed by atoms with Gasteiger partial charge < -0.3 is 4.74 Å². The number of hydrogen-bond acceptors (Lipinski definition) is 1. The lowest BCUT2D eigenvalue weighted by molar-refractivity contribution is 0.0812. The maximum atomic E-state index is 5.86. The predicted molar refractivity (Wildman–Crippen MR) is 62.9 cm³/mol. The minimum Gasteiger partial charge on any atom is -0.369 e. The van der Waals surface area contributed by atoms with Crippen LogP contribution in [0.15, 0.2) is 36.4 Å². The van der Waals surface area contributed by atoms with Crippen LogP contribution in [0.3, 0.4) is 0 Å². The lowest BCUT2D eigenvalue weighted by Crippen LogP contribution is -2.09. The van der Waals surface area contributed by atoms with Crippen LogP contribution in [0.25, 0.3) is 0 Å². The van der Waals surface area contributed by atoms with Crippen LogP contribution in [0.4, 0.5) is 0 Å². The molecule has 1 aliphatic rings. The summed E-state index contributed by atoms with van der Waals surface area (Å²) in [5, 5.41) is 0. The summed E-state index contributed by atoms with van der Waals surface area (Å²) in [6.45, 7) is 3.05. The van der Waals surface area contributed by atoms with Gasteiger partial charge in [-0.2, -0.15) is 0 Å². The van der Waals surface area contributed by atoms with E-state index in [-0.39, 0.29) is 6.10 Å². The van der Waals surface area contributed by atoms with E-state index in [9.17, 15) is 0 Å². The number of benzene rings is 1. The number of allylic oxidation sites excluding steroid dienone is 1. The molecule has 1 aliphatic carbocycles. The van der Waals surface area contributed by atoms with Crippen molar-refractivity contribution in [3.8, 4) is 0 Å². The Morgan fingerprint density at radius 2 is 2.20 bits per heavy atom. The largest absolute Gasteiger partial charge is 0.369 e. The lowest BCUT2D eigenvalue weighted by atomic mass is 9.95. The molecule has 0 aliphatic heterocycles. The molecule has 2 rings (SSSR count). The van der Waals surface area contributed by atoms with Crippen molar-refractivity contribution in [2.45, 2.75) is 32.3 Å². The van der Waals surface area contributed by atoms with E-state index in [1.807, 2.05) is 0 Å². The quantitative estimate of drug-likeness (QED) is 0.535. The normalized spacial score (nSPS) is 18.9. The summed E-state index contributed by atoms with van der Waals surface area (Å²) in [7, 11) is 0. The number of unbranched alkanes of at least 4 members (excludes halogenated alkanes) is 1. The van der Waals surface area contributed by atoms with E-state index in [4.69, 9.17) is 4.74 Å². The van der Waals surface area contributed by atoms with Gasteiger partial charge in [-0.05, 0) is 24.0 Å². The fourth-order valence-electron chi connectivity index (χ4n) is 1.92. The summed E-state index contributed by atoms with van der Waals surface area (Å²) >= 11 is 0. The molecule has 0 radical (unpaired) electrons. The molecule has 1 aromatic carbocycles. The van der Waals surface area contributed by atoms with Gasteiger partial charge in [0, 0.05) is 6.61 Å². The van der Waals surface area contributed by atoms with E-state index in [1.54, 1.807) is 0 Å². The van der Waals surface area contributed by atoms with E-state index in [0.29, 0.717) is 0 Å². The third-order valence-electron chi connectivity index (χ3n) is 2.81. The maximum Gasteiger partial charge on any atom is 0.101 e. The molecule has 0 N–H and O–H groups in total. The first-order valence-electron chi connectivity index (χ1n) is 5.78. The Labute approximate surface area is 91.8 Å². The Kier molecular flexibility index (Phi) is 3.57. The van der Waals surface area contributed by atoms with Crippen molar-refractivity contribution in [1.29, 1.82) is 0 Å². The van der Waals surface area contributed by atoms with Crippen LogP contribution >= 0.6 is 0 Å². The Bertz CT molecular complexity index is 341. The highest BCUT2D eigenvalue weighted by Gasteiger charge is 2.15. The van der Waals surface area contributed by atoms with Crippen LogP contribution in [0.5, 0.6) is 0 Å². The summed E-state index contributed by atoms with van der Waals surface area (Å²) < 4.78 is 5.86. The summed E-state index contributed by atoms with van der Waals surface area (Å²) in [5.74, 6) is 0. The van der Waals surface area contributed by atoms with Crippen LogP contribution in [-0.4, -0.2) is 6.61 Å². The third kappa shape index (κ3) is 2.48. The Morgan fingerprint density at radius 3 is 3.07 bits per heavy atom. The van der Waals surface area contributed by atoms with Crippen LogP contribution in [0.1, 0.15) is 37.0 Å². The van der Waals surface area contributed by atoms with Crippen LogP contribution in [0, 0.1) is 0 Å². The molecule has 1 aromatic rings.